The molecule has 152 valence electrons. The van der Waals surface area contributed by atoms with Crippen LogP contribution >= 0.6 is 0 Å². The standard InChI is InChI=1S/C22H26N4O3/c1-15-18-6-4-5-7-19(18)29-20(15)13-25-22(23-2)26-14-21(27)24-12-16-8-10-17(28-3)11-9-16/h4-11H,12-14H2,1-3H3,(H,24,27)(H2,23,25,26). The topological polar surface area (TPSA) is 87.9 Å². The lowest BCUT2D eigenvalue weighted by atomic mass is 10.1. The smallest absolute Gasteiger partial charge is 0.239 e. The van der Waals surface area contributed by atoms with E-state index in [0.29, 0.717) is 19.0 Å². The molecule has 0 saturated heterocycles. The van der Waals surface area contributed by atoms with E-state index in [0.717, 1.165) is 33.6 Å². The second kappa shape index (κ2) is 9.64. The van der Waals surface area contributed by atoms with Crippen molar-refractivity contribution in [2.45, 2.75) is 20.0 Å². The van der Waals surface area contributed by atoms with E-state index in [-0.39, 0.29) is 12.5 Å². The summed E-state index contributed by atoms with van der Waals surface area (Å²) in [5.74, 6) is 2.04. The van der Waals surface area contributed by atoms with Crippen LogP contribution in [0.4, 0.5) is 0 Å². The molecule has 1 aromatic heterocycles. The van der Waals surface area contributed by atoms with Gasteiger partial charge >= 0.3 is 0 Å². The number of nitrogens with zero attached hydrogens (tertiary/aromatic N) is 1. The van der Waals surface area contributed by atoms with Gasteiger partial charge in [0, 0.05) is 24.5 Å². The summed E-state index contributed by atoms with van der Waals surface area (Å²) in [6.07, 6.45) is 0. The lowest BCUT2D eigenvalue weighted by molar-refractivity contribution is -0.120. The van der Waals surface area contributed by atoms with Gasteiger partial charge < -0.3 is 25.1 Å². The Labute approximate surface area is 170 Å². The first-order chi connectivity index (χ1) is 14.1. The molecular weight excluding hydrogens is 368 g/mol. The number of furan rings is 1. The van der Waals surface area contributed by atoms with E-state index < -0.39 is 0 Å². The van der Waals surface area contributed by atoms with Gasteiger partial charge in [-0.15, -0.1) is 0 Å². The fraction of sp³-hybridized carbons (Fsp3) is 0.273. The number of aryl methyl sites for hydroxylation is 1. The van der Waals surface area contributed by atoms with Crippen molar-refractivity contribution in [2.24, 2.45) is 4.99 Å². The maximum Gasteiger partial charge on any atom is 0.239 e. The number of ether oxygens (including phenoxy) is 1. The summed E-state index contributed by atoms with van der Waals surface area (Å²) in [5.41, 5.74) is 2.96. The van der Waals surface area contributed by atoms with Crippen molar-refractivity contribution in [3.63, 3.8) is 0 Å². The van der Waals surface area contributed by atoms with Crippen molar-refractivity contribution in [1.29, 1.82) is 0 Å². The third-order valence-electron chi connectivity index (χ3n) is 4.65. The van der Waals surface area contributed by atoms with Crippen LogP contribution in [0.2, 0.25) is 0 Å². The van der Waals surface area contributed by atoms with E-state index in [2.05, 4.69) is 20.9 Å². The molecular formula is C22H26N4O3. The Kier molecular flexibility index (Phi) is 6.73. The first kappa shape index (κ1) is 20.3. The maximum absolute atomic E-state index is 12.1. The molecule has 7 heteroatoms. The van der Waals surface area contributed by atoms with Crippen LogP contribution in [0.15, 0.2) is 57.9 Å². The number of fused-ring (bicyclic) bond motifs is 1. The summed E-state index contributed by atoms with van der Waals surface area (Å²) in [6.45, 7) is 3.09. The average Bonchev–Trinajstić information content (AvgIpc) is 3.08. The molecule has 3 aromatic rings. The molecule has 0 atom stereocenters. The van der Waals surface area contributed by atoms with E-state index in [4.69, 9.17) is 9.15 Å². The second-order valence-electron chi connectivity index (χ2n) is 6.55. The van der Waals surface area contributed by atoms with E-state index >= 15 is 0 Å². The molecule has 0 saturated carbocycles. The molecule has 0 aliphatic rings. The van der Waals surface area contributed by atoms with Gasteiger partial charge in [0.05, 0.1) is 20.2 Å². The van der Waals surface area contributed by atoms with Gasteiger partial charge in [-0.1, -0.05) is 30.3 Å². The molecule has 0 radical (unpaired) electrons. The zero-order valence-corrected chi connectivity index (χ0v) is 16.9. The molecule has 7 nitrogen and oxygen atoms in total. The molecule has 29 heavy (non-hydrogen) atoms. The van der Waals surface area contributed by atoms with E-state index in [1.54, 1.807) is 14.2 Å². The average molecular weight is 394 g/mol. The van der Waals surface area contributed by atoms with Gasteiger partial charge in [0.25, 0.3) is 0 Å². The number of methoxy groups -OCH3 is 1. The van der Waals surface area contributed by atoms with Crippen LogP contribution in [0.1, 0.15) is 16.9 Å². The summed E-state index contributed by atoms with van der Waals surface area (Å²) in [6, 6.07) is 15.5. The maximum atomic E-state index is 12.1. The number of para-hydroxylation sites is 1. The number of hydrogen-bond acceptors (Lipinski definition) is 4. The van der Waals surface area contributed by atoms with E-state index in [1.165, 1.54) is 0 Å². The predicted octanol–water partition coefficient (Wildman–Crippen LogP) is 2.73. The number of guanidine groups is 1. The first-order valence-corrected chi connectivity index (χ1v) is 9.42. The fourth-order valence-corrected chi connectivity index (χ4v) is 2.95. The third-order valence-corrected chi connectivity index (χ3v) is 4.65. The SMILES string of the molecule is CN=C(NCC(=O)NCc1ccc(OC)cc1)NCc1oc2ccccc2c1C. The highest BCUT2D eigenvalue weighted by Crippen LogP contribution is 2.24. The van der Waals surface area contributed by atoms with Crippen LogP contribution in [0.5, 0.6) is 5.75 Å². The molecule has 0 fully saturated rings. The van der Waals surface area contributed by atoms with Crippen molar-refractivity contribution < 1.29 is 13.9 Å². The Morgan fingerprint density at radius 3 is 2.48 bits per heavy atom. The van der Waals surface area contributed by atoms with Gasteiger partial charge in [-0.3, -0.25) is 9.79 Å². The number of carbonyl (C=O) groups excluding carboxylic acids is 1. The summed E-state index contributed by atoms with van der Waals surface area (Å²) >= 11 is 0. The molecule has 3 rings (SSSR count). The minimum atomic E-state index is -0.122. The summed E-state index contributed by atoms with van der Waals surface area (Å²) < 4.78 is 11.0. The third kappa shape index (κ3) is 5.28. The quantitative estimate of drug-likeness (QED) is 0.424. The monoisotopic (exact) mass is 394 g/mol. The van der Waals surface area contributed by atoms with Gasteiger partial charge in [0.15, 0.2) is 5.96 Å². The first-order valence-electron chi connectivity index (χ1n) is 9.42. The number of aliphatic imine (C=N–C) groups is 1. The molecule has 0 unspecified atom stereocenters. The highest BCUT2D eigenvalue weighted by Gasteiger charge is 2.10. The summed E-state index contributed by atoms with van der Waals surface area (Å²) in [7, 11) is 3.29. The number of benzene rings is 2. The Balaban J connectivity index is 1.45. The molecule has 0 spiro atoms. The van der Waals surface area contributed by atoms with Crippen LogP contribution < -0.4 is 20.7 Å². The lowest BCUT2D eigenvalue weighted by Gasteiger charge is -2.11. The van der Waals surface area contributed by atoms with Gasteiger partial charge in [0.1, 0.15) is 17.1 Å². The van der Waals surface area contributed by atoms with Crippen LogP contribution in [0.3, 0.4) is 0 Å². The number of amides is 1. The van der Waals surface area contributed by atoms with Gasteiger partial charge in [-0.2, -0.15) is 0 Å². The van der Waals surface area contributed by atoms with Crippen LogP contribution in [0.25, 0.3) is 11.0 Å². The van der Waals surface area contributed by atoms with Crippen molar-refractivity contribution in [1.82, 2.24) is 16.0 Å². The predicted molar refractivity (Wildman–Crippen MR) is 114 cm³/mol. The van der Waals surface area contributed by atoms with Crippen LogP contribution in [-0.2, 0) is 17.9 Å². The minimum absolute atomic E-state index is 0.120. The number of carbonyl (C=O) groups is 1. The van der Waals surface area contributed by atoms with Crippen molar-refractivity contribution in [2.75, 3.05) is 20.7 Å². The summed E-state index contributed by atoms with van der Waals surface area (Å²) in [5, 5.41) is 10.2. The van der Waals surface area contributed by atoms with Crippen molar-refractivity contribution in [3.8, 4) is 5.75 Å². The second-order valence-corrected chi connectivity index (χ2v) is 6.55. The Bertz CT molecular complexity index is 993. The molecule has 0 aliphatic carbocycles. The lowest BCUT2D eigenvalue weighted by Crippen LogP contribution is -2.42. The Morgan fingerprint density at radius 1 is 1.03 bits per heavy atom. The number of nitrogens with one attached hydrogen (secondary N) is 3. The van der Waals surface area contributed by atoms with Crippen LogP contribution in [-0.4, -0.2) is 32.6 Å². The van der Waals surface area contributed by atoms with Gasteiger partial charge in [-0.25, -0.2) is 0 Å². The molecule has 3 N–H and O–H groups in total. The van der Waals surface area contributed by atoms with Gasteiger partial charge in [-0.05, 0) is 30.7 Å². The van der Waals surface area contributed by atoms with Gasteiger partial charge in [0.2, 0.25) is 5.91 Å². The zero-order valence-electron chi connectivity index (χ0n) is 16.9. The molecule has 1 heterocycles. The Hall–Kier alpha value is -3.48. The van der Waals surface area contributed by atoms with Crippen molar-refractivity contribution in [3.05, 3.63) is 65.4 Å². The highest BCUT2D eigenvalue weighted by molar-refractivity contribution is 5.86. The Morgan fingerprint density at radius 2 is 1.79 bits per heavy atom. The molecule has 0 aliphatic heterocycles. The normalized spacial score (nSPS) is 11.3. The number of hydrogen-bond donors (Lipinski definition) is 3. The van der Waals surface area contributed by atoms with Crippen molar-refractivity contribution >= 4 is 22.8 Å². The van der Waals surface area contributed by atoms with E-state index in [9.17, 15) is 4.79 Å². The fourth-order valence-electron chi connectivity index (χ4n) is 2.95. The molecule has 1 amide bonds. The van der Waals surface area contributed by atoms with E-state index in [1.807, 2.05) is 55.5 Å². The molecule has 2 aromatic carbocycles. The highest BCUT2D eigenvalue weighted by atomic mass is 16.5. The molecule has 0 bridgehead atoms. The number of rotatable bonds is 7. The van der Waals surface area contributed by atoms with Crippen LogP contribution in [0, 0.1) is 6.92 Å². The largest absolute Gasteiger partial charge is 0.497 e. The minimum Gasteiger partial charge on any atom is -0.497 e. The summed E-state index contributed by atoms with van der Waals surface area (Å²) in [4.78, 5) is 16.3. The zero-order chi connectivity index (χ0) is 20.6.